The largest absolute Gasteiger partial charge is 0.413 e. The van der Waals surface area contributed by atoms with Crippen molar-refractivity contribution in [2.45, 2.75) is 58.9 Å². The van der Waals surface area contributed by atoms with Gasteiger partial charge in [-0.25, -0.2) is 0 Å². The first-order chi connectivity index (χ1) is 7.56. The van der Waals surface area contributed by atoms with Crippen LogP contribution in [0.5, 0.6) is 0 Å². The number of aliphatic hydroxyl groups is 2. The van der Waals surface area contributed by atoms with Crippen LogP contribution in [0.1, 0.15) is 34.6 Å². The summed E-state index contributed by atoms with van der Waals surface area (Å²) < 4.78 is 6.33. The van der Waals surface area contributed by atoms with Crippen LogP contribution in [0, 0.1) is 11.8 Å². The fourth-order valence-electron chi connectivity index (χ4n) is 1.52. The smallest absolute Gasteiger partial charge is 0.192 e. The Balaban J connectivity index is 4.87. The number of aliphatic hydroxyl groups excluding tert-OH is 2. The summed E-state index contributed by atoms with van der Waals surface area (Å²) >= 11 is 0. The molecule has 0 fully saturated rings. The molecule has 0 aliphatic carbocycles. The first-order valence-electron chi connectivity index (χ1n) is 6.46. The van der Waals surface area contributed by atoms with Gasteiger partial charge in [0.25, 0.3) is 0 Å². The molecule has 0 saturated heterocycles. The first-order valence-corrected chi connectivity index (χ1v) is 9.37. The molecule has 0 rings (SSSR count). The van der Waals surface area contributed by atoms with E-state index in [1.165, 1.54) is 0 Å². The predicted octanol–water partition coefficient (Wildman–Crippen LogP) is 2.63. The summed E-state index contributed by atoms with van der Waals surface area (Å²) in [6.45, 7) is 15.2. The minimum absolute atomic E-state index is 0.0614. The Morgan fingerprint density at radius 2 is 1.35 bits per heavy atom. The lowest BCUT2D eigenvalue weighted by Crippen LogP contribution is -2.48. The fourth-order valence-corrected chi connectivity index (χ4v) is 3.02. The highest BCUT2D eigenvalue weighted by atomic mass is 28.4. The third-order valence-electron chi connectivity index (χ3n) is 3.93. The molecule has 0 heterocycles. The summed E-state index contributed by atoms with van der Waals surface area (Å²) in [7, 11) is -1.85. The molecule has 0 aromatic heterocycles. The normalized spacial score (nSPS) is 18.9. The molecule has 1 unspecified atom stereocenters. The molecule has 0 radical (unpaired) electrons. The zero-order chi connectivity index (χ0) is 13.9. The third-order valence-corrected chi connectivity index (χ3v) is 8.41. The molecule has 0 aliphatic heterocycles. The van der Waals surface area contributed by atoms with Gasteiger partial charge in [0, 0.05) is 25.0 Å². The van der Waals surface area contributed by atoms with Gasteiger partial charge in [-0.3, -0.25) is 0 Å². The number of hydrogen-bond acceptors (Lipinski definition) is 3. The van der Waals surface area contributed by atoms with E-state index < -0.39 is 8.32 Å². The summed E-state index contributed by atoms with van der Waals surface area (Å²) in [5.41, 5.74) is 0. The van der Waals surface area contributed by atoms with Gasteiger partial charge < -0.3 is 14.6 Å². The summed E-state index contributed by atoms with van der Waals surface area (Å²) in [6.07, 6.45) is -0.0640. The van der Waals surface area contributed by atoms with Crippen LogP contribution in [0.3, 0.4) is 0 Å². The van der Waals surface area contributed by atoms with Crippen molar-refractivity contribution in [2.75, 3.05) is 13.2 Å². The molecule has 2 N–H and O–H groups in total. The van der Waals surface area contributed by atoms with Crippen molar-refractivity contribution in [3.05, 3.63) is 0 Å². The molecule has 0 bridgehead atoms. The van der Waals surface area contributed by atoms with Gasteiger partial charge in [0.1, 0.15) is 0 Å². The summed E-state index contributed by atoms with van der Waals surface area (Å²) in [4.78, 5) is 0. The quantitative estimate of drug-likeness (QED) is 0.724. The van der Waals surface area contributed by atoms with E-state index in [9.17, 15) is 10.2 Å². The Labute approximate surface area is 107 Å². The number of hydrogen-bond donors (Lipinski definition) is 2. The van der Waals surface area contributed by atoms with Gasteiger partial charge in [0.2, 0.25) is 0 Å². The van der Waals surface area contributed by atoms with E-state index in [0.717, 1.165) is 0 Å². The van der Waals surface area contributed by atoms with Crippen LogP contribution in [-0.4, -0.2) is 37.8 Å². The van der Waals surface area contributed by atoms with Crippen molar-refractivity contribution in [3.8, 4) is 0 Å². The minimum atomic E-state index is -1.85. The van der Waals surface area contributed by atoms with Crippen molar-refractivity contribution in [1.29, 1.82) is 0 Å². The SMILES string of the molecule is C[C@H](CO)C(O[Si](C)(C)C(C)(C)C)[C@@H](C)CO. The Kier molecular flexibility index (Phi) is 6.35. The molecule has 0 aliphatic rings. The zero-order valence-electron chi connectivity index (χ0n) is 12.4. The van der Waals surface area contributed by atoms with Crippen LogP contribution < -0.4 is 0 Å². The van der Waals surface area contributed by atoms with Crippen molar-refractivity contribution in [3.63, 3.8) is 0 Å². The van der Waals surface area contributed by atoms with Crippen molar-refractivity contribution < 1.29 is 14.6 Å². The van der Waals surface area contributed by atoms with E-state index in [0.29, 0.717) is 0 Å². The van der Waals surface area contributed by atoms with Crippen LogP contribution in [0.4, 0.5) is 0 Å². The summed E-state index contributed by atoms with van der Waals surface area (Å²) in [5.74, 6) is 0.123. The highest BCUT2D eigenvalue weighted by Gasteiger charge is 2.41. The molecular formula is C13H30O3Si. The van der Waals surface area contributed by atoms with E-state index in [1.807, 2.05) is 13.8 Å². The second-order valence-electron chi connectivity index (χ2n) is 6.66. The Morgan fingerprint density at radius 1 is 1.00 bits per heavy atom. The van der Waals surface area contributed by atoms with Crippen LogP contribution in [-0.2, 0) is 4.43 Å². The van der Waals surface area contributed by atoms with Crippen LogP contribution in [0.15, 0.2) is 0 Å². The Bertz CT molecular complexity index is 213. The van der Waals surface area contributed by atoms with Crippen molar-refractivity contribution in [2.24, 2.45) is 11.8 Å². The first kappa shape index (κ1) is 17.1. The molecule has 0 aromatic rings. The average molecular weight is 262 g/mol. The van der Waals surface area contributed by atoms with Gasteiger partial charge in [-0.2, -0.15) is 0 Å². The van der Waals surface area contributed by atoms with Gasteiger partial charge in [0.15, 0.2) is 8.32 Å². The molecule has 0 aromatic carbocycles. The topological polar surface area (TPSA) is 49.7 Å². The molecule has 0 amide bonds. The molecule has 17 heavy (non-hydrogen) atoms. The fraction of sp³-hybridized carbons (Fsp3) is 1.00. The molecule has 0 spiro atoms. The molecule has 4 heteroatoms. The van der Waals surface area contributed by atoms with Crippen LogP contribution in [0.25, 0.3) is 0 Å². The lowest BCUT2D eigenvalue weighted by Gasteiger charge is -2.42. The van der Waals surface area contributed by atoms with Gasteiger partial charge in [0.05, 0.1) is 6.10 Å². The van der Waals surface area contributed by atoms with Crippen molar-refractivity contribution >= 4 is 8.32 Å². The summed E-state index contributed by atoms with van der Waals surface area (Å²) in [6, 6.07) is 0. The van der Waals surface area contributed by atoms with Gasteiger partial charge >= 0.3 is 0 Å². The van der Waals surface area contributed by atoms with E-state index in [-0.39, 0.29) is 36.2 Å². The Morgan fingerprint density at radius 3 is 1.59 bits per heavy atom. The maximum atomic E-state index is 9.30. The third kappa shape index (κ3) is 4.70. The van der Waals surface area contributed by atoms with Crippen molar-refractivity contribution in [1.82, 2.24) is 0 Å². The van der Waals surface area contributed by atoms with Crippen LogP contribution in [0.2, 0.25) is 18.1 Å². The van der Waals surface area contributed by atoms with Gasteiger partial charge in [-0.1, -0.05) is 34.6 Å². The lowest BCUT2D eigenvalue weighted by molar-refractivity contribution is 0.0243. The highest BCUT2D eigenvalue weighted by molar-refractivity contribution is 6.74. The molecule has 3 nitrogen and oxygen atoms in total. The average Bonchev–Trinajstić information content (AvgIpc) is 2.22. The standard InChI is InChI=1S/C13H30O3Si/c1-10(8-14)12(11(2)9-15)16-17(6,7)13(3,4)5/h10-12,14-15H,8-9H2,1-7H3/t10-,11+,12?. The summed E-state index contributed by atoms with van der Waals surface area (Å²) in [5, 5.41) is 18.8. The second kappa shape index (κ2) is 6.32. The van der Waals surface area contributed by atoms with E-state index in [1.54, 1.807) is 0 Å². The minimum Gasteiger partial charge on any atom is -0.413 e. The van der Waals surface area contributed by atoms with E-state index in [4.69, 9.17) is 4.43 Å². The maximum absolute atomic E-state index is 9.30. The molecular weight excluding hydrogens is 232 g/mol. The Hall–Kier alpha value is 0.0969. The lowest BCUT2D eigenvalue weighted by atomic mass is 9.95. The molecule has 3 atom stereocenters. The van der Waals surface area contributed by atoms with Gasteiger partial charge in [-0.15, -0.1) is 0 Å². The monoisotopic (exact) mass is 262 g/mol. The molecule has 104 valence electrons. The molecule has 0 saturated carbocycles. The second-order valence-corrected chi connectivity index (χ2v) is 11.4. The van der Waals surface area contributed by atoms with E-state index >= 15 is 0 Å². The predicted molar refractivity (Wildman–Crippen MR) is 74.6 cm³/mol. The van der Waals surface area contributed by atoms with E-state index in [2.05, 4.69) is 33.9 Å². The van der Waals surface area contributed by atoms with Gasteiger partial charge in [-0.05, 0) is 18.1 Å². The highest BCUT2D eigenvalue weighted by Crippen LogP contribution is 2.39. The van der Waals surface area contributed by atoms with Crippen LogP contribution >= 0.6 is 0 Å². The number of rotatable bonds is 6. The zero-order valence-corrected chi connectivity index (χ0v) is 13.4. The maximum Gasteiger partial charge on any atom is 0.192 e.